The van der Waals surface area contributed by atoms with Gasteiger partial charge in [0.05, 0.1) is 23.3 Å². The van der Waals surface area contributed by atoms with E-state index < -0.39 is 0 Å². The fourth-order valence-electron chi connectivity index (χ4n) is 6.15. The van der Waals surface area contributed by atoms with Gasteiger partial charge in [-0.2, -0.15) is 5.26 Å². The van der Waals surface area contributed by atoms with Crippen LogP contribution >= 0.6 is 0 Å². The van der Waals surface area contributed by atoms with Gasteiger partial charge in [-0.1, -0.05) is 6.07 Å². The second-order valence-electron chi connectivity index (χ2n) is 11.5. The Morgan fingerprint density at radius 3 is 2.51 bits per heavy atom. The van der Waals surface area contributed by atoms with E-state index in [1.165, 1.54) is 6.07 Å². The van der Waals surface area contributed by atoms with Crippen LogP contribution in [0.2, 0.25) is 0 Å². The van der Waals surface area contributed by atoms with Crippen molar-refractivity contribution in [2.24, 2.45) is 5.73 Å². The zero-order valence-electron chi connectivity index (χ0n) is 22.6. The number of nitrogens with one attached hydrogen (secondary N) is 1. The van der Waals surface area contributed by atoms with E-state index in [0.717, 1.165) is 81.6 Å². The molecule has 0 amide bonds. The summed E-state index contributed by atoms with van der Waals surface area (Å²) in [4.78, 5) is 29.1. The Kier molecular flexibility index (Phi) is 6.67. The minimum atomic E-state index is -0.204. The highest BCUT2D eigenvalue weighted by molar-refractivity contribution is 5.95. The lowest BCUT2D eigenvalue weighted by atomic mass is 9.94. The van der Waals surface area contributed by atoms with Crippen LogP contribution < -0.4 is 26.0 Å². The summed E-state index contributed by atoms with van der Waals surface area (Å²) in [7, 11) is 0. The molecule has 3 aliphatic rings. The number of aromatic nitrogens is 2. The van der Waals surface area contributed by atoms with Crippen LogP contribution in [0, 0.1) is 11.3 Å². The van der Waals surface area contributed by atoms with Gasteiger partial charge in [0.25, 0.3) is 0 Å². The number of rotatable bonds is 5. The number of hydrogen-bond acceptors (Lipinski definition) is 9. The molecule has 204 valence electrons. The number of hydrogen-bond donors (Lipinski definition) is 2. The second kappa shape index (κ2) is 10.2. The quantitative estimate of drug-likeness (QED) is 0.511. The predicted octanol–water partition coefficient (Wildman–Crippen LogP) is 1.75. The molecule has 0 bridgehead atoms. The van der Waals surface area contributed by atoms with Crippen molar-refractivity contribution in [2.75, 3.05) is 73.6 Å². The number of nitrogens with zero attached hydrogens (tertiary/aromatic N) is 6. The summed E-state index contributed by atoms with van der Waals surface area (Å²) in [6.07, 6.45) is 0.134. The van der Waals surface area contributed by atoms with Crippen molar-refractivity contribution in [3.8, 4) is 6.07 Å². The Bertz CT molecular complexity index is 1450. The highest BCUT2D eigenvalue weighted by Gasteiger charge is 2.36. The molecule has 0 aliphatic carbocycles. The van der Waals surface area contributed by atoms with Crippen molar-refractivity contribution in [3.05, 3.63) is 58.4 Å². The summed E-state index contributed by atoms with van der Waals surface area (Å²) in [5, 5.41) is 10.4. The zero-order chi connectivity index (χ0) is 27.1. The largest absolute Gasteiger partial charge is 0.370 e. The summed E-state index contributed by atoms with van der Waals surface area (Å²) in [5.41, 5.74) is 7.96. The molecule has 3 aromatic rings. The van der Waals surface area contributed by atoms with Crippen molar-refractivity contribution in [1.29, 1.82) is 5.26 Å². The number of nitrogens with two attached hydrogens (primary N) is 1. The summed E-state index contributed by atoms with van der Waals surface area (Å²) in [5.74, 6) is 2.03. The molecular weight excluding hydrogens is 492 g/mol. The highest BCUT2D eigenvalue weighted by atomic mass is 16.5. The number of morpholine rings is 1. The third-order valence-electron chi connectivity index (χ3n) is 7.97. The van der Waals surface area contributed by atoms with E-state index in [-0.39, 0.29) is 23.3 Å². The van der Waals surface area contributed by atoms with E-state index in [2.05, 4.69) is 62.7 Å². The molecule has 3 N–H and O–H groups in total. The lowest BCUT2D eigenvalue weighted by molar-refractivity contribution is -0.0327. The molecule has 2 unspecified atom stereocenters. The van der Waals surface area contributed by atoms with Gasteiger partial charge in [-0.25, -0.2) is 4.98 Å². The maximum absolute atomic E-state index is 11.9. The molecule has 0 spiro atoms. The molecule has 0 radical (unpaired) electrons. The third kappa shape index (κ3) is 5.30. The molecule has 6 rings (SSSR count). The fourth-order valence-corrected chi connectivity index (χ4v) is 6.15. The molecular formula is C29H36N8O2. The fraction of sp³-hybridized carbons (Fsp3) is 0.483. The van der Waals surface area contributed by atoms with Crippen LogP contribution in [0.25, 0.3) is 10.9 Å². The number of aromatic amines is 1. The maximum atomic E-state index is 11.9. The van der Waals surface area contributed by atoms with E-state index in [1.54, 1.807) is 6.07 Å². The van der Waals surface area contributed by atoms with Gasteiger partial charge in [0.1, 0.15) is 17.7 Å². The topological polar surface area (TPSA) is 118 Å². The first-order chi connectivity index (χ1) is 18.8. The number of benzene rings is 1. The third-order valence-corrected chi connectivity index (χ3v) is 7.97. The SMILES string of the molecule is CC1CN(c2ccc(C#N)c3[nH]c(=O)ccc23)CC(CN2CCN(c3cccc(N4CC(C)(N)C4)n3)CC2)O1. The first kappa shape index (κ1) is 25.6. The van der Waals surface area contributed by atoms with Gasteiger partial charge >= 0.3 is 0 Å². The number of pyridine rings is 2. The van der Waals surface area contributed by atoms with Gasteiger partial charge in [0.2, 0.25) is 5.56 Å². The summed E-state index contributed by atoms with van der Waals surface area (Å²) < 4.78 is 6.37. The number of anilines is 3. The zero-order valence-corrected chi connectivity index (χ0v) is 22.6. The summed E-state index contributed by atoms with van der Waals surface area (Å²) in [6, 6.07) is 15.6. The molecule has 10 heteroatoms. The molecule has 1 aromatic carbocycles. The van der Waals surface area contributed by atoms with Crippen molar-refractivity contribution < 1.29 is 4.74 Å². The van der Waals surface area contributed by atoms with Crippen molar-refractivity contribution in [2.45, 2.75) is 31.6 Å². The van der Waals surface area contributed by atoms with Crippen LogP contribution in [0.15, 0.2) is 47.3 Å². The summed E-state index contributed by atoms with van der Waals surface area (Å²) >= 11 is 0. The number of nitriles is 1. The molecule has 0 saturated carbocycles. The smallest absolute Gasteiger partial charge is 0.248 e. The van der Waals surface area contributed by atoms with Crippen LogP contribution in [0.5, 0.6) is 0 Å². The van der Waals surface area contributed by atoms with Gasteiger partial charge in [-0.15, -0.1) is 0 Å². The van der Waals surface area contributed by atoms with Crippen LogP contribution in [0.3, 0.4) is 0 Å². The Labute approximate surface area is 228 Å². The predicted molar refractivity (Wildman–Crippen MR) is 154 cm³/mol. The van der Waals surface area contributed by atoms with Crippen LogP contribution in [-0.4, -0.2) is 91.5 Å². The van der Waals surface area contributed by atoms with Crippen molar-refractivity contribution in [1.82, 2.24) is 14.9 Å². The van der Waals surface area contributed by atoms with E-state index in [4.69, 9.17) is 15.5 Å². The minimum Gasteiger partial charge on any atom is -0.370 e. The normalized spacial score (nSPS) is 23.5. The van der Waals surface area contributed by atoms with Crippen LogP contribution in [0.4, 0.5) is 17.3 Å². The standard InChI is InChI=1S/C29H36N8O2/c1-20-15-36(24-8-6-21(14-30)28-23(24)7-9-27(38)33-28)17-22(39-20)16-34-10-12-35(13-11-34)25-4-3-5-26(32-25)37-18-29(2,31)19-37/h3-9,20,22H,10-13,15-19,31H2,1-2H3,(H,33,38). The molecule has 2 aromatic heterocycles. The van der Waals surface area contributed by atoms with Gasteiger partial charge in [0, 0.05) is 81.6 Å². The highest BCUT2D eigenvalue weighted by Crippen LogP contribution is 2.30. The number of fused-ring (bicyclic) bond motifs is 1. The molecule has 3 saturated heterocycles. The first-order valence-electron chi connectivity index (χ1n) is 13.7. The van der Waals surface area contributed by atoms with E-state index >= 15 is 0 Å². The number of H-pyrrole nitrogens is 1. The Morgan fingerprint density at radius 1 is 1.05 bits per heavy atom. The Hall–Kier alpha value is -3.65. The van der Waals surface area contributed by atoms with Gasteiger partial charge in [-0.05, 0) is 44.2 Å². The Morgan fingerprint density at radius 2 is 1.79 bits per heavy atom. The second-order valence-corrected chi connectivity index (χ2v) is 11.5. The number of piperazine rings is 1. The van der Waals surface area contributed by atoms with E-state index in [0.29, 0.717) is 11.1 Å². The monoisotopic (exact) mass is 528 g/mol. The van der Waals surface area contributed by atoms with Gasteiger partial charge in [-0.3, -0.25) is 9.69 Å². The molecule has 10 nitrogen and oxygen atoms in total. The van der Waals surface area contributed by atoms with Gasteiger partial charge in [0.15, 0.2) is 0 Å². The van der Waals surface area contributed by atoms with Crippen molar-refractivity contribution in [3.63, 3.8) is 0 Å². The first-order valence-corrected chi connectivity index (χ1v) is 13.7. The van der Waals surface area contributed by atoms with Crippen LogP contribution in [0.1, 0.15) is 19.4 Å². The maximum Gasteiger partial charge on any atom is 0.248 e. The summed E-state index contributed by atoms with van der Waals surface area (Å²) in [6.45, 7) is 12.0. The average molecular weight is 529 g/mol. The molecule has 2 atom stereocenters. The van der Waals surface area contributed by atoms with E-state index in [9.17, 15) is 10.1 Å². The molecule has 3 fully saturated rings. The van der Waals surface area contributed by atoms with Crippen LogP contribution in [-0.2, 0) is 4.74 Å². The minimum absolute atomic E-state index is 0.0622. The van der Waals surface area contributed by atoms with Gasteiger partial charge < -0.3 is 30.2 Å². The lowest BCUT2D eigenvalue weighted by Gasteiger charge is -2.46. The van der Waals surface area contributed by atoms with Crippen molar-refractivity contribution >= 4 is 28.2 Å². The van der Waals surface area contributed by atoms with E-state index in [1.807, 2.05) is 12.1 Å². The molecule has 5 heterocycles. The number of ether oxygens (including phenoxy) is 1. The Balaban J connectivity index is 1.10. The lowest BCUT2D eigenvalue weighted by Crippen LogP contribution is -2.65. The molecule has 39 heavy (non-hydrogen) atoms. The molecule has 3 aliphatic heterocycles. The average Bonchev–Trinajstić information content (AvgIpc) is 2.91.